The second-order valence-corrected chi connectivity index (χ2v) is 9.26. The number of rotatable bonds is 6. The van der Waals surface area contributed by atoms with Gasteiger partial charge < -0.3 is 20.1 Å². The van der Waals surface area contributed by atoms with Gasteiger partial charge in [0, 0.05) is 49.9 Å². The van der Waals surface area contributed by atoms with Crippen LogP contribution in [0.5, 0.6) is 0 Å². The van der Waals surface area contributed by atoms with Gasteiger partial charge in [-0.25, -0.2) is 4.98 Å². The number of piperazine rings is 1. The maximum Gasteiger partial charge on any atom is 0.228 e. The number of likely N-dealkylation sites (N-methyl/N-ethyl adjacent to an activating group) is 1. The number of anilines is 1. The molecule has 1 aliphatic rings. The second-order valence-electron chi connectivity index (χ2n) is 9.26. The highest BCUT2D eigenvalue weighted by Gasteiger charge is 2.20. The first-order chi connectivity index (χ1) is 16.5. The van der Waals surface area contributed by atoms with Gasteiger partial charge in [-0.15, -0.1) is 0 Å². The molecule has 0 radical (unpaired) electrons. The summed E-state index contributed by atoms with van der Waals surface area (Å²) < 4.78 is 0. The number of imidazole rings is 1. The minimum Gasteiger partial charge on any atom is -0.338 e. The Balaban J connectivity index is 1.29. The Morgan fingerprint density at radius 3 is 2.44 bits per heavy atom. The molecule has 1 fully saturated rings. The van der Waals surface area contributed by atoms with Gasteiger partial charge in [0.15, 0.2) is 0 Å². The van der Waals surface area contributed by atoms with E-state index in [9.17, 15) is 4.79 Å². The monoisotopic (exact) mass is 453 g/mol. The van der Waals surface area contributed by atoms with Gasteiger partial charge in [-0.1, -0.05) is 49.4 Å². The molecule has 174 valence electrons. The molecule has 0 bridgehead atoms. The zero-order chi connectivity index (χ0) is 23.5. The number of amides is 1. The van der Waals surface area contributed by atoms with Crippen molar-refractivity contribution in [3.8, 4) is 22.5 Å². The van der Waals surface area contributed by atoms with E-state index < -0.39 is 0 Å². The molecule has 0 spiro atoms. The lowest BCUT2D eigenvalue weighted by atomic mass is 10.0. The number of fused-ring (bicyclic) bond motifs is 1. The number of aromatic nitrogens is 2. The second kappa shape index (κ2) is 9.79. The van der Waals surface area contributed by atoms with Crippen LogP contribution in [0.3, 0.4) is 0 Å². The first kappa shape index (κ1) is 22.3. The highest BCUT2D eigenvalue weighted by molar-refractivity contribution is 5.93. The number of carbonyl (C=O) groups is 1. The van der Waals surface area contributed by atoms with Crippen molar-refractivity contribution in [1.82, 2.24) is 19.8 Å². The Kier molecular flexibility index (Phi) is 6.43. The number of nitrogens with one attached hydrogen (secondary N) is 2. The summed E-state index contributed by atoms with van der Waals surface area (Å²) in [6.45, 7) is 6.95. The first-order valence-corrected chi connectivity index (χ1v) is 11.9. The predicted octanol–water partition coefficient (Wildman–Crippen LogP) is 4.72. The fourth-order valence-corrected chi connectivity index (χ4v) is 4.48. The van der Waals surface area contributed by atoms with Crippen molar-refractivity contribution in [1.29, 1.82) is 0 Å². The first-order valence-electron chi connectivity index (χ1n) is 11.9. The van der Waals surface area contributed by atoms with Crippen LogP contribution in [0.4, 0.5) is 5.69 Å². The smallest absolute Gasteiger partial charge is 0.228 e. The minimum atomic E-state index is -0.0662. The molecule has 6 heteroatoms. The molecule has 5 rings (SSSR count). The molecule has 1 aliphatic heterocycles. The predicted molar refractivity (Wildman–Crippen MR) is 139 cm³/mol. The van der Waals surface area contributed by atoms with E-state index in [1.54, 1.807) is 0 Å². The van der Waals surface area contributed by atoms with Gasteiger partial charge in [0.25, 0.3) is 0 Å². The Labute approximate surface area is 200 Å². The van der Waals surface area contributed by atoms with Crippen LogP contribution in [0.1, 0.15) is 6.92 Å². The van der Waals surface area contributed by atoms with Gasteiger partial charge in [-0.05, 0) is 48.5 Å². The number of nitrogens with zero attached hydrogens (tertiary/aromatic N) is 3. The van der Waals surface area contributed by atoms with Crippen molar-refractivity contribution in [2.45, 2.75) is 6.92 Å². The lowest BCUT2D eigenvalue weighted by Crippen LogP contribution is -2.47. The molecular formula is C28H31N5O. The van der Waals surface area contributed by atoms with E-state index >= 15 is 0 Å². The van der Waals surface area contributed by atoms with Crippen LogP contribution >= 0.6 is 0 Å². The van der Waals surface area contributed by atoms with Gasteiger partial charge in [0.1, 0.15) is 5.82 Å². The van der Waals surface area contributed by atoms with Gasteiger partial charge in [0.05, 0.1) is 11.0 Å². The number of H-pyrrole nitrogens is 1. The minimum absolute atomic E-state index is 0.0621. The summed E-state index contributed by atoms with van der Waals surface area (Å²) in [5, 5.41) is 3.12. The highest BCUT2D eigenvalue weighted by atomic mass is 16.1. The quantitative estimate of drug-likeness (QED) is 0.443. The number of hydrogen-bond acceptors (Lipinski definition) is 4. The van der Waals surface area contributed by atoms with Crippen molar-refractivity contribution in [2.24, 2.45) is 5.92 Å². The lowest BCUT2D eigenvalue weighted by Gasteiger charge is -2.33. The average molecular weight is 454 g/mol. The van der Waals surface area contributed by atoms with Crippen LogP contribution in [0.25, 0.3) is 33.5 Å². The fraction of sp³-hybridized carbons (Fsp3) is 0.286. The standard InChI is InChI=1S/C28H31N5O/c1-20(19-33-15-13-32(2)14-16-33)28(34)29-24-10-6-8-22(18-24)21-7-5-9-23(17-21)27-30-25-11-3-4-12-26(25)31-27/h3-12,17-18,20H,13-16,19H2,1-2H3,(H,29,34)(H,30,31). The van der Waals surface area contributed by atoms with Gasteiger partial charge in [-0.2, -0.15) is 0 Å². The van der Waals surface area contributed by atoms with E-state index in [0.29, 0.717) is 0 Å². The zero-order valence-electron chi connectivity index (χ0n) is 19.8. The topological polar surface area (TPSA) is 64.3 Å². The van der Waals surface area contributed by atoms with E-state index in [1.807, 2.05) is 55.5 Å². The lowest BCUT2D eigenvalue weighted by molar-refractivity contribution is -0.120. The number of benzene rings is 3. The zero-order valence-corrected chi connectivity index (χ0v) is 19.8. The Morgan fingerprint density at radius 2 is 1.65 bits per heavy atom. The Bertz CT molecular complexity index is 1260. The summed E-state index contributed by atoms with van der Waals surface area (Å²) in [7, 11) is 2.15. The molecular weight excluding hydrogens is 422 g/mol. The molecule has 0 aliphatic carbocycles. The molecule has 1 saturated heterocycles. The molecule has 34 heavy (non-hydrogen) atoms. The molecule has 3 aromatic carbocycles. The average Bonchev–Trinajstić information content (AvgIpc) is 3.30. The Hall–Kier alpha value is -3.48. The maximum absolute atomic E-state index is 12.9. The third kappa shape index (κ3) is 5.03. The fourth-order valence-electron chi connectivity index (χ4n) is 4.48. The van der Waals surface area contributed by atoms with Gasteiger partial charge in [-0.3, -0.25) is 4.79 Å². The summed E-state index contributed by atoms with van der Waals surface area (Å²) in [5.41, 5.74) is 5.98. The van der Waals surface area contributed by atoms with E-state index in [0.717, 1.165) is 72.0 Å². The molecule has 6 nitrogen and oxygen atoms in total. The molecule has 0 saturated carbocycles. The molecule has 1 atom stereocenters. The third-order valence-electron chi connectivity index (χ3n) is 6.56. The van der Waals surface area contributed by atoms with Crippen LogP contribution in [-0.2, 0) is 4.79 Å². The summed E-state index contributed by atoms with van der Waals surface area (Å²) in [6, 6.07) is 24.4. The van der Waals surface area contributed by atoms with Crippen LogP contribution in [-0.4, -0.2) is 65.4 Å². The molecule has 4 aromatic rings. The highest BCUT2D eigenvalue weighted by Crippen LogP contribution is 2.28. The molecule has 1 amide bonds. The van der Waals surface area contributed by atoms with E-state index in [2.05, 4.69) is 51.4 Å². The van der Waals surface area contributed by atoms with Gasteiger partial charge in [0.2, 0.25) is 5.91 Å². The molecule has 2 N–H and O–H groups in total. The third-order valence-corrected chi connectivity index (χ3v) is 6.56. The molecule has 1 unspecified atom stereocenters. The molecule has 1 aromatic heterocycles. The van der Waals surface area contributed by atoms with Crippen molar-refractivity contribution in [3.63, 3.8) is 0 Å². The number of para-hydroxylation sites is 2. The largest absolute Gasteiger partial charge is 0.338 e. The van der Waals surface area contributed by atoms with Gasteiger partial charge >= 0.3 is 0 Å². The van der Waals surface area contributed by atoms with Crippen molar-refractivity contribution in [3.05, 3.63) is 72.8 Å². The summed E-state index contributed by atoms with van der Waals surface area (Å²) in [4.78, 5) is 25.7. The van der Waals surface area contributed by atoms with E-state index in [-0.39, 0.29) is 11.8 Å². The number of carbonyl (C=O) groups excluding carboxylic acids is 1. The SMILES string of the molecule is CC(CN1CCN(C)CC1)C(=O)Nc1cccc(-c2cccc(-c3nc4ccccc4[nH]3)c2)c1. The summed E-state index contributed by atoms with van der Waals surface area (Å²) in [5.74, 6) is 0.848. The van der Waals surface area contributed by atoms with Crippen molar-refractivity contribution >= 4 is 22.6 Å². The maximum atomic E-state index is 12.9. The summed E-state index contributed by atoms with van der Waals surface area (Å²) in [6.07, 6.45) is 0. The number of hydrogen-bond donors (Lipinski definition) is 2. The van der Waals surface area contributed by atoms with Crippen molar-refractivity contribution in [2.75, 3.05) is 45.1 Å². The van der Waals surface area contributed by atoms with Crippen LogP contribution in [0, 0.1) is 5.92 Å². The van der Waals surface area contributed by atoms with E-state index in [4.69, 9.17) is 4.98 Å². The normalized spacial score (nSPS) is 15.9. The molecule has 2 heterocycles. The van der Waals surface area contributed by atoms with Crippen LogP contribution in [0.2, 0.25) is 0 Å². The Morgan fingerprint density at radius 1 is 0.941 bits per heavy atom. The number of aromatic amines is 1. The van der Waals surface area contributed by atoms with Crippen LogP contribution in [0.15, 0.2) is 72.8 Å². The summed E-state index contributed by atoms with van der Waals surface area (Å²) >= 11 is 0. The van der Waals surface area contributed by atoms with Crippen molar-refractivity contribution < 1.29 is 4.79 Å². The van der Waals surface area contributed by atoms with Crippen LogP contribution < -0.4 is 5.32 Å². The van der Waals surface area contributed by atoms with E-state index in [1.165, 1.54) is 0 Å².